The molecule has 0 spiro atoms. The molecule has 3 aromatic rings. The number of para-hydroxylation sites is 1. The highest BCUT2D eigenvalue weighted by atomic mass is 32.2. The molecule has 0 atom stereocenters. The molecule has 1 fully saturated rings. The molecule has 0 unspecified atom stereocenters. The van der Waals surface area contributed by atoms with Crippen LogP contribution >= 0.6 is 35.7 Å². The normalized spacial score (nSPS) is 18.8. The first kappa shape index (κ1) is 19.4. The molecule has 2 aliphatic rings. The Morgan fingerprint density at radius 3 is 2.50 bits per heavy atom. The predicted molar refractivity (Wildman–Crippen MR) is 133 cm³/mol. The molecule has 2 heterocycles. The number of carbonyl (C=O) groups excluding carboxylic acids is 1. The number of rotatable bonds is 3. The second-order valence-electron chi connectivity index (χ2n) is 6.86. The summed E-state index contributed by atoms with van der Waals surface area (Å²) in [5.41, 5.74) is 2.05. The van der Waals surface area contributed by atoms with Crippen molar-refractivity contribution in [3.05, 3.63) is 88.8 Å². The highest BCUT2D eigenvalue weighted by Gasteiger charge is 2.33. The summed E-state index contributed by atoms with van der Waals surface area (Å²) in [6.45, 7) is 3.01. The number of benzene rings is 3. The molecule has 148 valence electrons. The molecule has 0 bridgehead atoms. The molecule has 0 radical (unpaired) electrons. The summed E-state index contributed by atoms with van der Waals surface area (Å²) in [6, 6.07) is 22.4. The molecular weight excluding hydrogens is 428 g/mol. The van der Waals surface area contributed by atoms with Crippen LogP contribution in [-0.4, -0.2) is 16.8 Å². The van der Waals surface area contributed by atoms with Crippen LogP contribution in [-0.2, 0) is 4.79 Å². The van der Waals surface area contributed by atoms with Crippen molar-refractivity contribution in [3.63, 3.8) is 0 Å². The van der Waals surface area contributed by atoms with E-state index in [0.717, 1.165) is 17.3 Å². The number of anilines is 2. The Balaban J connectivity index is 1.48. The quantitative estimate of drug-likeness (QED) is 0.335. The van der Waals surface area contributed by atoms with Gasteiger partial charge in [-0.15, -0.1) is 0 Å². The molecule has 0 aliphatic carbocycles. The molecule has 0 N–H and O–H groups in total. The van der Waals surface area contributed by atoms with E-state index in [9.17, 15) is 4.79 Å². The standard InChI is InChI=1S/C24H18N2OS3/c1-2-25-21(29-19-13-12-16-8-6-7-11-18(16)22(19)25)15-14-20-23(27)26(24(28)30-20)17-9-4-3-5-10-17/h3-15H,2H2,1H3/b20-14+,21-15+. The number of allylic oxidation sites excluding steroid dienone is 2. The summed E-state index contributed by atoms with van der Waals surface area (Å²) in [5.74, 6) is -0.0675. The van der Waals surface area contributed by atoms with Gasteiger partial charge >= 0.3 is 0 Å². The Hall–Kier alpha value is -2.54. The average molecular weight is 447 g/mol. The monoisotopic (exact) mass is 446 g/mol. The van der Waals surface area contributed by atoms with Gasteiger partial charge in [-0.25, -0.2) is 0 Å². The topological polar surface area (TPSA) is 23.6 Å². The van der Waals surface area contributed by atoms with Crippen molar-refractivity contribution >= 4 is 68.1 Å². The number of carbonyl (C=O) groups is 1. The van der Waals surface area contributed by atoms with E-state index in [1.165, 1.54) is 33.1 Å². The van der Waals surface area contributed by atoms with Crippen molar-refractivity contribution in [2.24, 2.45) is 0 Å². The third-order valence-electron chi connectivity index (χ3n) is 5.12. The lowest BCUT2D eigenvalue weighted by Gasteiger charge is -2.19. The summed E-state index contributed by atoms with van der Waals surface area (Å²) in [7, 11) is 0. The molecule has 1 amide bonds. The smallest absolute Gasteiger partial charge is 0.270 e. The highest BCUT2D eigenvalue weighted by Crippen LogP contribution is 2.49. The van der Waals surface area contributed by atoms with Crippen LogP contribution in [0.5, 0.6) is 0 Å². The summed E-state index contributed by atoms with van der Waals surface area (Å²) in [4.78, 5) is 18.8. The van der Waals surface area contributed by atoms with E-state index in [0.29, 0.717) is 9.23 Å². The van der Waals surface area contributed by atoms with Crippen molar-refractivity contribution in [2.45, 2.75) is 11.8 Å². The molecule has 0 saturated carbocycles. The number of thiocarbonyl (C=S) groups is 1. The fourth-order valence-electron chi connectivity index (χ4n) is 3.74. The molecule has 2 aliphatic heterocycles. The maximum Gasteiger partial charge on any atom is 0.270 e. The van der Waals surface area contributed by atoms with E-state index in [1.54, 1.807) is 16.7 Å². The third kappa shape index (κ3) is 3.25. The number of hydrogen-bond donors (Lipinski definition) is 0. The van der Waals surface area contributed by atoms with Crippen LogP contribution < -0.4 is 9.80 Å². The zero-order chi connectivity index (χ0) is 20.7. The lowest BCUT2D eigenvalue weighted by Crippen LogP contribution is -2.27. The third-order valence-corrected chi connectivity index (χ3v) is 7.55. The van der Waals surface area contributed by atoms with Crippen molar-refractivity contribution in [2.75, 3.05) is 16.3 Å². The van der Waals surface area contributed by atoms with Gasteiger partial charge in [-0.3, -0.25) is 9.69 Å². The van der Waals surface area contributed by atoms with E-state index in [2.05, 4.69) is 48.2 Å². The Labute approximate surface area is 189 Å². The molecular formula is C24H18N2OS3. The van der Waals surface area contributed by atoms with Crippen molar-refractivity contribution in [3.8, 4) is 0 Å². The fraction of sp³-hybridized carbons (Fsp3) is 0.0833. The minimum absolute atomic E-state index is 0.0675. The molecule has 1 saturated heterocycles. The minimum atomic E-state index is -0.0675. The van der Waals surface area contributed by atoms with Crippen molar-refractivity contribution < 1.29 is 4.79 Å². The predicted octanol–water partition coefficient (Wildman–Crippen LogP) is 6.56. The lowest BCUT2D eigenvalue weighted by molar-refractivity contribution is -0.113. The first-order valence-electron chi connectivity index (χ1n) is 9.68. The highest BCUT2D eigenvalue weighted by molar-refractivity contribution is 8.27. The number of hydrogen-bond acceptors (Lipinski definition) is 5. The van der Waals surface area contributed by atoms with Gasteiger partial charge < -0.3 is 4.90 Å². The lowest BCUT2D eigenvalue weighted by atomic mass is 10.1. The number of amides is 1. The zero-order valence-corrected chi connectivity index (χ0v) is 18.7. The summed E-state index contributed by atoms with van der Waals surface area (Å²) >= 11 is 8.57. The van der Waals surface area contributed by atoms with Crippen LogP contribution in [0.15, 0.2) is 93.7 Å². The van der Waals surface area contributed by atoms with Crippen LogP contribution in [0, 0.1) is 0 Å². The van der Waals surface area contributed by atoms with Gasteiger partial charge in [0, 0.05) is 16.8 Å². The van der Waals surface area contributed by atoms with Crippen LogP contribution in [0.25, 0.3) is 10.8 Å². The van der Waals surface area contributed by atoms with E-state index < -0.39 is 0 Å². The maximum absolute atomic E-state index is 13.0. The maximum atomic E-state index is 13.0. The summed E-state index contributed by atoms with van der Waals surface area (Å²) in [5, 5.41) is 3.61. The second kappa shape index (κ2) is 7.95. The Bertz CT molecular complexity index is 1230. The zero-order valence-electron chi connectivity index (χ0n) is 16.2. The van der Waals surface area contributed by atoms with Gasteiger partial charge in [0.25, 0.3) is 5.91 Å². The van der Waals surface area contributed by atoms with E-state index in [-0.39, 0.29) is 5.91 Å². The van der Waals surface area contributed by atoms with Gasteiger partial charge in [0.15, 0.2) is 4.32 Å². The Kier molecular flexibility index (Phi) is 5.15. The number of fused-ring (bicyclic) bond motifs is 3. The van der Waals surface area contributed by atoms with Crippen molar-refractivity contribution in [1.29, 1.82) is 0 Å². The summed E-state index contributed by atoms with van der Waals surface area (Å²) < 4.78 is 0.566. The van der Waals surface area contributed by atoms with Crippen molar-refractivity contribution in [1.82, 2.24) is 0 Å². The first-order chi connectivity index (χ1) is 14.7. The van der Waals surface area contributed by atoms with Crippen LogP contribution in [0.2, 0.25) is 0 Å². The van der Waals surface area contributed by atoms with Gasteiger partial charge in [0.2, 0.25) is 0 Å². The van der Waals surface area contributed by atoms with E-state index in [1.807, 2.05) is 42.5 Å². The minimum Gasteiger partial charge on any atom is -0.335 e. The molecule has 30 heavy (non-hydrogen) atoms. The van der Waals surface area contributed by atoms with Crippen LogP contribution in [0.4, 0.5) is 11.4 Å². The van der Waals surface area contributed by atoms with E-state index >= 15 is 0 Å². The van der Waals surface area contributed by atoms with E-state index in [4.69, 9.17) is 12.2 Å². The van der Waals surface area contributed by atoms with Crippen LogP contribution in [0.3, 0.4) is 0 Å². The van der Waals surface area contributed by atoms with Gasteiger partial charge in [0.1, 0.15) is 0 Å². The molecule has 0 aromatic heterocycles. The van der Waals surface area contributed by atoms with Gasteiger partial charge in [-0.1, -0.05) is 84.3 Å². The molecule has 3 aromatic carbocycles. The number of nitrogens with zero attached hydrogens (tertiary/aromatic N) is 2. The van der Waals surface area contributed by atoms with Gasteiger partial charge in [-0.05, 0) is 42.7 Å². The average Bonchev–Trinajstić information content (AvgIpc) is 3.28. The van der Waals surface area contributed by atoms with Gasteiger partial charge in [-0.2, -0.15) is 0 Å². The molecule has 6 heteroatoms. The first-order valence-corrected chi connectivity index (χ1v) is 11.7. The van der Waals surface area contributed by atoms with Gasteiger partial charge in [0.05, 0.1) is 21.3 Å². The molecule has 5 rings (SSSR count). The Morgan fingerprint density at radius 1 is 0.933 bits per heavy atom. The largest absolute Gasteiger partial charge is 0.335 e. The SMILES string of the molecule is CCN1/C(=C\C=C2\SC(=S)N(c3ccccc3)C2=O)Sc2ccc3ccccc3c21. The number of thioether (sulfide) groups is 2. The summed E-state index contributed by atoms with van der Waals surface area (Å²) in [6.07, 6.45) is 3.95. The second-order valence-corrected chi connectivity index (χ2v) is 9.60. The fourth-order valence-corrected chi connectivity index (χ4v) is 6.13. The Morgan fingerprint density at radius 2 is 1.70 bits per heavy atom. The van der Waals surface area contributed by atoms with Crippen LogP contribution in [0.1, 0.15) is 6.92 Å². The molecule has 3 nitrogen and oxygen atoms in total.